The largest absolute Gasteiger partial charge is 3.00 e. The van der Waals surface area contributed by atoms with Crippen molar-refractivity contribution < 1.29 is 98.3 Å². The van der Waals surface area contributed by atoms with Crippen molar-refractivity contribution in [2.45, 2.75) is 291 Å². The predicted molar refractivity (Wildman–Crippen MR) is 322 cm³/mol. The predicted octanol–water partition coefficient (Wildman–Crippen LogP) is 5.06. The van der Waals surface area contributed by atoms with Crippen LogP contribution in [0.3, 0.4) is 0 Å². The van der Waals surface area contributed by atoms with E-state index < -0.39 is 98.2 Å². The number of carbonyl (C=O) groups excluding carboxylic acids is 6. The quantitative estimate of drug-likeness (QED) is 0.0529. The van der Waals surface area contributed by atoms with E-state index in [9.17, 15) is 98.3 Å². The van der Waals surface area contributed by atoms with Crippen LogP contribution in [0.2, 0.25) is 0 Å². The Morgan fingerprint density at radius 3 is 0.500 bits per heavy atom. The molecular weight excluding hydrogens is 1210 g/mol. The zero-order valence-electron chi connectivity index (χ0n) is 54.0. The van der Waals surface area contributed by atoms with Crippen LogP contribution >= 0.6 is 0 Å². The van der Waals surface area contributed by atoms with E-state index in [2.05, 4.69) is 0 Å². The van der Waals surface area contributed by atoms with Crippen molar-refractivity contribution in [3.8, 4) is 0 Å². The Bertz CT molecular complexity index is 1960. The van der Waals surface area contributed by atoms with Crippen molar-refractivity contribution in [3.05, 3.63) is 0 Å². The summed E-state index contributed by atoms with van der Waals surface area (Å²) in [6.07, 6.45) is 16.5. The van der Waals surface area contributed by atoms with Crippen LogP contribution in [0.25, 0.3) is 0 Å². The van der Waals surface area contributed by atoms with Crippen molar-refractivity contribution in [2.24, 2.45) is 51.8 Å². The molecule has 0 heterocycles. The second-order valence-corrected chi connectivity index (χ2v) is 28.2. The fourth-order valence-corrected chi connectivity index (χ4v) is 15.7. The minimum absolute atomic E-state index is 0. The summed E-state index contributed by atoms with van der Waals surface area (Å²) < 4.78 is 100. The Kier molecular flexibility index (Phi) is 50.1. The van der Waals surface area contributed by atoms with Gasteiger partial charge in [-0.1, -0.05) is 237 Å². The molecule has 9 unspecified atom stereocenters. The van der Waals surface area contributed by atoms with Crippen molar-refractivity contribution in [1.29, 1.82) is 0 Å². The zero-order chi connectivity index (χ0) is 65.9. The maximum Gasteiger partial charge on any atom is 3.00 e. The van der Waals surface area contributed by atoms with Crippen molar-refractivity contribution >= 4 is 101 Å². The van der Waals surface area contributed by atoms with Gasteiger partial charge in [0, 0.05) is 34.2 Å². The molecule has 0 aromatic carbocycles. The van der Waals surface area contributed by atoms with E-state index in [0.717, 1.165) is 77.0 Å². The Morgan fingerprint density at radius 1 is 0.302 bits per heavy atom. The number of carboxylic acids is 6. The number of carboxylic acid groups (broad SMARTS) is 6. The number of unbranched alkanes of at least 4 members (excludes halogenated alkanes) is 6. The molecule has 0 aliphatic heterocycles. The van der Waals surface area contributed by atoms with Crippen LogP contribution < -0.4 is 30.6 Å². The number of hydrogen-bond donors (Lipinski definition) is 3. The summed E-state index contributed by atoms with van der Waals surface area (Å²) in [6.45, 7) is 23.1. The zero-order valence-corrected chi connectivity index (χ0v) is 58.7. The van der Waals surface area contributed by atoms with Crippen molar-refractivity contribution in [2.75, 3.05) is 0 Å². The molecule has 0 aromatic rings. The topological polar surface area (TPSA) is 404 Å². The molecule has 0 bridgehead atoms. The Morgan fingerprint density at radius 2 is 0.430 bits per heavy atom. The molecule has 0 amide bonds. The summed E-state index contributed by atoms with van der Waals surface area (Å²) in [6, 6.07) is 0. The van der Waals surface area contributed by atoms with Gasteiger partial charge in [-0.3, -0.25) is 13.7 Å². The third kappa shape index (κ3) is 31.6. The van der Waals surface area contributed by atoms with Gasteiger partial charge in [0.25, 0.3) is 30.4 Å². The Hall–Kier alpha value is -2.39. The van der Waals surface area contributed by atoms with Gasteiger partial charge >= 0.3 is 34.7 Å². The number of aliphatic carboxylic acids is 6. The summed E-state index contributed by atoms with van der Waals surface area (Å²) in [4.78, 5) is 72.0. The van der Waals surface area contributed by atoms with Gasteiger partial charge in [-0.15, -0.1) is 0 Å². The summed E-state index contributed by atoms with van der Waals surface area (Å²) >= 11 is 0. The summed E-state index contributed by atoms with van der Waals surface area (Å²) in [5.41, 5.74) is -6.68. The molecule has 0 aromatic heterocycles. The molecule has 0 aliphatic rings. The Labute approximate surface area is 539 Å². The first-order chi connectivity index (χ1) is 39.0. The fraction of sp³-hybridized carbons (Fsp3) is 0.900. The molecule has 0 spiro atoms. The van der Waals surface area contributed by atoms with Gasteiger partial charge in [0.2, 0.25) is 0 Å². The molecule has 9 atom stereocenters. The van der Waals surface area contributed by atoms with E-state index >= 15 is 0 Å². The van der Waals surface area contributed by atoms with Crippen LogP contribution in [0.5, 0.6) is 0 Å². The third-order valence-corrected chi connectivity index (χ3v) is 21.2. The summed E-state index contributed by atoms with van der Waals surface area (Å²) in [5.74, 6) is -12.7. The molecule has 0 radical (unpaired) electrons. The SMILES string of the molecule is CCCCC(CC)CC(CC(CC)CCCC)(C(=O)[O-])C(C(=O)[O-])S(=O)(=O)O.CCCCC(CC)CC(CC(CC)CCCC)(C(=O)[O-])C(C(=O)[O-])S(=O)(=O)O.CCCCC(CC)CC(CC(CC)CCCC)(C(=O)[O-])C(C(=O)[O-])S(=O)(=O)O.[Al+3].[Al+3]. The number of rotatable bonds is 48. The van der Waals surface area contributed by atoms with Gasteiger partial charge in [0.05, 0.1) is 17.9 Å². The van der Waals surface area contributed by atoms with Crippen LogP contribution in [-0.2, 0) is 59.1 Å². The first kappa shape index (κ1) is 92.3. The fourth-order valence-electron chi connectivity index (χ4n) is 12.4. The monoisotopic (exact) mass is 1310 g/mol. The summed E-state index contributed by atoms with van der Waals surface area (Å²) in [7, 11) is -15.6. The molecule has 0 aliphatic carbocycles. The minimum Gasteiger partial charge on any atom is -0.549 e. The maximum atomic E-state index is 12.3. The minimum atomic E-state index is -5.20. The van der Waals surface area contributed by atoms with E-state index in [1.807, 2.05) is 83.1 Å². The molecule has 0 saturated heterocycles. The van der Waals surface area contributed by atoms with Crippen LogP contribution in [0, 0.1) is 51.8 Å². The van der Waals surface area contributed by atoms with Gasteiger partial charge in [0.1, 0.15) is 15.7 Å². The van der Waals surface area contributed by atoms with Gasteiger partial charge < -0.3 is 59.4 Å². The van der Waals surface area contributed by atoms with E-state index in [1.165, 1.54) is 0 Å². The second kappa shape index (κ2) is 46.6. The molecule has 26 heteroatoms. The van der Waals surface area contributed by atoms with Crippen molar-refractivity contribution in [3.63, 3.8) is 0 Å². The number of hydrogen-bond acceptors (Lipinski definition) is 18. The maximum absolute atomic E-state index is 12.3. The van der Waals surface area contributed by atoms with Crippen LogP contribution in [-0.4, -0.2) is 125 Å². The van der Waals surface area contributed by atoms with E-state index in [-0.39, 0.29) is 109 Å². The van der Waals surface area contributed by atoms with Crippen LogP contribution in [0.4, 0.5) is 0 Å². The average molecular weight is 1320 g/mol. The van der Waals surface area contributed by atoms with E-state index in [4.69, 9.17) is 0 Å². The molecule has 21 nitrogen and oxygen atoms in total. The van der Waals surface area contributed by atoms with Gasteiger partial charge in [-0.25, -0.2) is 0 Å². The molecule has 0 saturated carbocycles. The number of carbonyl (C=O) groups is 6. The normalized spacial score (nSPS) is 17.1. The first-order valence-corrected chi connectivity index (χ1v) is 35.7. The van der Waals surface area contributed by atoms with Crippen LogP contribution in [0.1, 0.15) is 276 Å². The summed E-state index contributed by atoms with van der Waals surface area (Å²) in [5, 5.41) is 64.4. The second-order valence-electron chi connectivity index (χ2n) is 23.7. The van der Waals surface area contributed by atoms with Gasteiger partial charge in [-0.05, 0) is 74.0 Å². The smallest absolute Gasteiger partial charge is 0.549 e. The molecule has 0 fully saturated rings. The third-order valence-electron chi connectivity index (χ3n) is 17.4. The van der Waals surface area contributed by atoms with Crippen LogP contribution in [0.15, 0.2) is 0 Å². The molecule has 0 rings (SSSR count). The molecular formula is C60H108Al2O21S3. The van der Waals surface area contributed by atoms with Gasteiger partial charge in [-0.2, -0.15) is 25.3 Å². The Balaban J connectivity index is -0.000000377. The molecule has 3 N–H and O–H groups in total. The molecule has 498 valence electrons. The van der Waals surface area contributed by atoms with E-state index in [0.29, 0.717) is 77.0 Å². The van der Waals surface area contributed by atoms with E-state index in [1.54, 1.807) is 0 Å². The molecule has 86 heavy (non-hydrogen) atoms. The first-order valence-electron chi connectivity index (χ1n) is 31.1. The standard InChI is InChI=1S/3C20H38O7S.2Al/c3*1-5-9-11-15(7-3)13-20(19(23)24,14-16(8-4)12-10-6-2)17(18(21)22)28(25,26)27;;/h3*15-17H,5-14H2,1-4H3,(H,21,22)(H,23,24)(H,25,26,27);;/q;;;2*+3/p-6. The van der Waals surface area contributed by atoms with Gasteiger partial charge in [0.15, 0.2) is 0 Å². The van der Waals surface area contributed by atoms with Crippen molar-refractivity contribution in [1.82, 2.24) is 0 Å². The average Bonchev–Trinajstić information content (AvgIpc) is 3.60.